The minimum Gasteiger partial charge on any atom is -0.465 e. The Morgan fingerprint density at radius 2 is 1.31 bits per heavy atom. The number of aliphatic hydroxyl groups excluding tert-OH is 1. The molecule has 0 spiro atoms. The third-order valence-corrected chi connectivity index (χ3v) is 12.3. The first-order valence-corrected chi connectivity index (χ1v) is 13.5. The summed E-state index contributed by atoms with van der Waals surface area (Å²) in [5, 5.41) is 10.9. The van der Waals surface area contributed by atoms with Crippen molar-refractivity contribution in [2.24, 2.45) is 44.3 Å². The zero-order chi connectivity index (χ0) is 23.4. The summed E-state index contributed by atoms with van der Waals surface area (Å²) in [6, 6.07) is 0. The molecule has 1 N–H and O–H groups in total. The van der Waals surface area contributed by atoms with Crippen LogP contribution < -0.4 is 0 Å². The molecule has 5 aliphatic rings. The van der Waals surface area contributed by atoms with Gasteiger partial charge < -0.3 is 9.84 Å². The highest BCUT2D eigenvalue weighted by Crippen LogP contribution is 2.75. The van der Waals surface area contributed by atoms with Crippen molar-refractivity contribution in [1.82, 2.24) is 0 Å². The Morgan fingerprint density at radius 3 is 2.03 bits per heavy atom. The van der Waals surface area contributed by atoms with Gasteiger partial charge in [-0.1, -0.05) is 55.4 Å². The summed E-state index contributed by atoms with van der Waals surface area (Å²) in [6.07, 6.45) is 15.5. The third-order valence-electron chi connectivity index (χ3n) is 12.3. The summed E-state index contributed by atoms with van der Waals surface area (Å²) in [6.45, 7) is 19.8. The minimum absolute atomic E-state index is 0.0601. The predicted octanol–water partition coefficient (Wildman–Crippen LogP) is 8.02. The van der Waals surface area contributed by atoms with Crippen LogP contribution in [0.1, 0.15) is 113 Å². The summed E-state index contributed by atoms with van der Waals surface area (Å²) < 4.78 is 6.71. The molecule has 2 heteroatoms. The monoisotopic (exact) mass is 440 g/mol. The quantitative estimate of drug-likeness (QED) is 0.413. The highest BCUT2D eigenvalue weighted by molar-refractivity contribution is 5.28. The molecule has 0 radical (unpaired) electrons. The fraction of sp³-hybridized carbons (Fsp3) is 0.867. The molecule has 180 valence electrons. The molecule has 3 fully saturated rings. The van der Waals surface area contributed by atoms with Crippen LogP contribution >= 0.6 is 0 Å². The lowest BCUT2D eigenvalue weighted by Gasteiger charge is -2.71. The lowest BCUT2D eigenvalue weighted by molar-refractivity contribution is -0.216. The van der Waals surface area contributed by atoms with Gasteiger partial charge in [0.05, 0.1) is 6.10 Å². The molecule has 2 heterocycles. The SMILES string of the molecule is CC1(C)CC[C@]2(C)CC[C@]3(C)[C@H]4CC=C5OC(=CC[C@H](O)C5(C)C)[C@]4(C)CC[C@@]3(C)[C@@H]2C1. The molecule has 3 saturated carbocycles. The number of ether oxygens (including phenoxy) is 1. The van der Waals surface area contributed by atoms with Gasteiger partial charge in [0, 0.05) is 10.8 Å². The van der Waals surface area contributed by atoms with Crippen LogP contribution in [0, 0.1) is 44.3 Å². The fourth-order valence-electron chi connectivity index (χ4n) is 9.31. The molecule has 0 saturated heterocycles. The van der Waals surface area contributed by atoms with Crippen LogP contribution in [-0.2, 0) is 4.74 Å². The third kappa shape index (κ3) is 2.86. The van der Waals surface area contributed by atoms with Gasteiger partial charge in [0.1, 0.15) is 11.5 Å². The number of hydrogen-bond acceptors (Lipinski definition) is 2. The van der Waals surface area contributed by atoms with E-state index in [-0.39, 0.29) is 16.9 Å². The molecule has 3 aliphatic carbocycles. The zero-order valence-corrected chi connectivity index (χ0v) is 22.1. The first-order chi connectivity index (χ1) is 14.7. The molecule has 0 aromatic heterocycles. The molecule has 2 aliphatic heterocycles. The van der Waals surface area contributed by atoms with Crippen molar-refractivity contribution in [2.45, 2.75) is 119 Å². The van der Waals surface area contributed by atoms with Gasteiger partial charge in [0.15, 0.2) is 0 Å². The average Bonchev–Trinajstić information content (AvgIpc) is 2.93. The zero-order valence-electron chi connectivity index (χ0n) is 22.1. The van der Waals surface area contributed by atoms with E-state index in [0.717, 1.165) is 23.9 Å². The summed E-state index contributed by atoms with van der Waals surface area (Å²) in [5.41, 5.74) is 1.40. The van der Waals surface area contributed by atoms with E-state index in [9.17, 15) is 5.11 Å². The van der Waals surface area contributed by atoms with Crippen LogP contribution in [-0.4, -0.2) is 11.2 Å². The molecule has 0 aromatic carbocycles. The van der Waals surface area contributed by atoms with Crippen LogP contribution in [0.4, 0.5) is 0 Å². The van der Waals surface area contributed by atoms with Crippen LogP contribution in [0.25, 0.3) is 0 Å². The van der Waals surface area contributed by atoms with Crippen molar-refractivity contribution in [2.75, 3.05) is 0 Å². The second-order valence-electron chi connectivity index (χ2n) is 14.8. The van der Waals surface area contributed by atoms with Gasteiger partial charge in [-0.05, 0) is 103 Å². The molecule has 7 atom stereocenters. The highest BCUT2D eigenvalue weighted by Gasteiger charge is 2.68. The van der Waals surface area contributed by atoms with Gasteiger partial charge in [-0.25, -0.2) is 0 Å². The normalized spacial score (nSPS) is 51.5. The summed E-state index contributed by atoms with van der Waals surface area (Å²) >= 11 is 0. The smallest absolute Gasteiger partial charge is 0.108 e. The van der Waals surface area contributed by atoms with Gasteiger partial charge in [0.25, 0.3) is 0 Å². The molecule has 32 heavy (non-hydrogen) atoms. The van der Waals surface area contributed by atoms with E-state index in [1.54, 1.807) is 0 Å². The summed E-state index contributed by atoms with van der Waals surface area (Å²) in [7, 11) is 0. The lowest BCUT2D eigenvalue weighted by Crippen LogP contribution is -2.63. The van der Waals surface area contributed by atoms with E-state index >= 15 is 0 Å². The molecular formula is C30H48O2. The van der Waals surface area contributed by atoms with E-state index in [1.165, 1.54) is 44.9 Å². The van der Waals surface area contributed by atoms with Crippen LogP contribution in [0.15, 0.2) is 23.7 Å². The first-order valence-electron chi connectivity index (χ1n) is 13.5. The largest absolute Gasteiger partial charge is 0.465 e. The van der Waals surface area contributed by atoms with Gasteiger partial charge in [-0.15, -0.1) is 0 Å². The van der Waals surface area contributed by atoms with Crippen molar-refractivity contribution in [3.05, 3.63) is 23.7 Å². The predicted molar refractivity (Wildman–Crippen MR) is 132 cm³/mol. The van der Waals surface area contributed by atoms with E-state index in [0.29, 0.717) is 34.0 Å². The standard InChI is InChI=1S/C30H48O2/c1-25(2)13-14-27(5)15-17-29(7)20-9-11-23-26(3,4)22(31)10-12-24(32-23)28(20,6)16-18-30(29,8)21(27)19-25/h11-12,20-22,31H,9-10,13-19H2,1-8H3/t20-,21+,22-,27+,28+,29+,30-/m0/s1. The fourth-order valence-corrected chi connectivity index (χ4v) is 9.31. The van der Waals surface area contributed by atoms with Crippen molar-refractivity contribution >= 4 is 0 Å². The Morgan fingerprint density at radius 1 is 0.719 bits per heavy atom. The molecule has 0 unspecified atom stereocenters. The van der Waals surface area contributed by atoms with Crippen molar-refractivity contribution in [3.63, 3.8) is 0 Å². The Kier molecular flexibility index (Phi) is 4.80. The number of hydrogen-bond donors (Lipinski definition) is 1. The average molecular weight is 441 g/mol. The van der Waals surface area contributed by atoms with Crippen LogP contribution in [0.3, 0.4) is 0 Å². The van der Waals surface area contributed by atoms with E-state index < -0.39 is 0 Å². The van der Waals surface area contributed by atoms with E-state index in [4.69, 9.17) is 4.74 Å². The van der Waals surface area contributed by atoms with Crippen molar-refractivity contribution in [1.29, 1.82) is 0 Å². The first kappa shape index (κ1) is 23.0. The second kappa shape index (κ2) is 6.67. The number of aliphatic hydroxyl groups is 1. The Labute approximate surface area is 197 Å². The summed E-state index contributed by atoms with van der Waals surface area (Å²) in [4.78, 5) is 0. The Balaban J connectivity index is 1.60. The van der Waals surface area contributed by atoms with Crippen molar-refractivity contribution in [3.8, 4) is 0 Å². The van der Waals surface area contributed by atoms with Gasteiger partial charge >= 0.3 is 0 Å². The maximum Gasteiger partial charge on any atom is 0.108 e. The molecule has 2 nitrogen and oxygen atoms in total. The van der Waals surface area contributed by atoms with Crippen molar-refractivity contribution < 1.29 is 9.84 Å². The van der Waals surface area contributed by atoms with Gasteiger partial charge in [-0.2, -0.15) is 0 Å². The summed E-state index contributed by atoms with van der Waals surface area (Å²) in [5.74, 6) is 3.58. The van der Waals surface area contributed by atoms with Crippen LogP contribution in [0.5, 0.6) is 0 Å². The molecule has 5 rings (SSSR count). The van der Waals surface area contributed by atoms with Gasteiger partial charge in [-0.3, -0.25) is 0 Å². The molecular weight excluding hydrogens is 392 g/mol. The lowest BCUT2D eigenvalue weighted by atomic mass is 9.33. The topological polar surface area (TPSA) is 29.5 Å². The van der Waals surface area contributed by atoms with Gasteiger partial charge in [0.2, 0.25) is 0 Å². The molecule has 0 amide bonds. The number of fused-ring (bicyclic) bond motifs is 8. The number of allylic oxidation sites excluding steroid dienone is 2. The Hall–Kier alpha value is -0.760. The second-order valence-corrected chi connectivity index (χ2v) is 14.8. The maximum atomic E-state index is 10.9. The molecule has 0 aromatic rings. The Bertz CT molecular complexity index is 864. The maximum absolute atomic E-state index is 10.9. The van der Waals surface area contributed by atoms with E-state index in [2.05, 4.69) is 67.5 Å². The van der Waals surface area contributed by atoms with Crippen LogP contribution in [0.2, 0.25) is 0 Å². The van der Waals surface area contributed by atoms with E-state index in [1.807, 2.05) is 0 Å². The minimum atomic E-state index is -0.379. The molecule has 2 bridgehead atoms. The highest BCUT2D eigenvalue weighted by atomic mass is 16.5. The number of rotatable bonds is 0.